The standard InChI is InChI=1S/C20H21N5O3S/c1-12-7-5-6-8-15(12)19-22-23-20(24(19)4)29-11-18(26)21-16-9-13(2)14(3)10-17(16)25(27)28/h5-10H,11H2,1-4H3,(H,21,26). The molecule has 1 amide bonds. The molecule has 8 nitrogen and oxygen atoms in total. The molecule has 3 aromatic rings. The van der Waals surface area contributed by atoms with E-state index >= 15 is 0 Å². The number of aryl methyl sites for hydroxylation is 3. The van der Waals surface area contributed by atoms with Gasteiger partial charge in [0.2, 0.25) is 5.91 Å². The molecule has 0 saturated heterocycles. The molecule has 29 heavy (non-hydrogen) atoms. The smallest absolute Gasteiger partial charge is 0.293 e. The third-order valence-corrected chi connectivity index (χ3v) is 5.66. The molecule has 0 aliphatic heterocycles. The average Bonchev–Trinajstić information content (AvgIpc) is 3.03. The number of hydrogen-bond acceptors (Lipinski definition) is 6. The van der Waals surface area contributed by atoms with Crippen molar-refractivity contribution < 1.29 is 9.72 Å². The van der Waals surface area contributed by atoms with Crippen LogP contribution in [0.2, 0.25) is 0 Å². The Labute approximate surface area is 172 Å². The number of thioether (sulfide) groups is 1. The van der Waals surface area contributed by atoms with E-state index in [0.29, 0.717) is 5.16 Å². The molecule has 0 aliphatic carbocycles. The first-order valence-electron chi connectivity index (χ1n) is 8.91. The molecule has 9 heteroatoms. The zero-order valence-electron chi connectivity index (χ0n) is 16.6. The highest BCUT2D eigenvalue weighted by molar-refractivity contribution is 7.99. The van der Waals surface area contributed by atoms with E-state index in [0.717, 1.165) is 28.1 Å². The van der Waals surface area contributed by atoms with Crippen LogP contribution in [0.5, 0.6) is 0 Å². The molecule has 1 heterocycles. The number of benzene rings is 2. The largest absolute Gasteiger partial charge is 0.320 e. The van der Waals surface area contributed by atoms with Gasteiger partial charge in [0.1, 0.15) is 5.69 Å². The highest BCUT2D eigenvalue weighted by Crippen LogP contribution is 2.29. The fraction of sp³-hybridized carbons (Fsp3) is 0.250. The fourth-order valence-electron chi connectivity index (χ4n) is 2.87. The summed E-state index contributed by atoms with van der Waals surface area (Å²) in [5.74, 6) is 0.432. The SMILES string of the molecule is Cc1cc(NC(=O)CSc2nnc(-c3ccccc3C)n2C)c([N+](=O)[O-])cc1C. The maximum Gasteiger partial charge on any atom is 0.293 e. The number of aromatic nitrogens is 3. The van der Waals surface area contributed by atoms with Gasteiger partial charge in [-0.05, 0) is 43.5 Å². The van der Waals surface area contributed by atoms with Gasteiger partial charge in [0.25, 0.3) is 5.69 Å². The summed E-state index contributed by atoms with van der Waals surface area (Å²) in [6.45, 7) is 5.64. The summed E-state index contributed by atoms with van der Waals surface area (Å²) in [5.41, 5.74) is 3.81. The van der Waals surface area contributed by atoms with Crippen LogP contribution in [0.4, 0.5) is 11.4 Å². The first-order chi connectivity index (χ1) is 13.8. The Morgan fingerprint density at radius 1 is 1.14 bits per heavy atom. The lowest BCUT2D eigenvalue weighted by Crippen LogP contribution is -2.16. The van der Waals surface area contributed by atoms with Gasteiger partial charge in [-0.25, -0.2) is 0 Å². The van der Waals surface area contributed by atoms with Crippen LogP contribution in [0.15, 0.2) is 41.6 Å². The molecule has 150 valence electrons. The van der Waals surface area contributed by atoms with Crippen molar-refractivity contribution in [1.29, 1.82) is 0 Å². The van der Waals surface area contributed by atoms with E-state index in [1.165, 1.54) is 17.8 Å². The second-order valence-electron chi connectivity index (χ2n) is 6.73. The van der Waals surface area contributed by atoms with Crippen molar-refractivity contribution >= 4 is 29.0 Å². The van der Waals surface area contributed by atoms with Crippen molar-refractivity contribution in [3.05, 3.63) is 63.2 Å². The van der Waals surface area contributed by atoms with Crippen LogP contribution in [0.25, 0.3) is 11.4 Å². The Morgan fingerprint density at radius 2 is 1.83 bits per heavy atom. The van der Waals surface area contributed by atoms with Crippen molar-refractivity contribution in [2.24, 2.45) is 7.05 Å². The molecule has 0 radical (unpaired) electrons. The monoisotopic (exact) mass is 411 g/mol. The minimum atomic E-state index is -0.494. The van der Waals surface area contributed by atoms with E-state index in [1.54, 1.807) is 13.0 Å². The molecule has 0 spiro atoms. The summed E-state index contributed by atoms with van der Waals surface area (Å²) in [4.78, 5) is 23.2. The van der Waals surface area contributed by atoms with E-state index < -0.39 is 4.92 Å². The first kappa shape index (κ1) is 20.5. The van der Waals surface area contributed by atoms with E-state index in [-0.39, 0.29) is 23.0 Å². The Balaban J connectivity index is 1.72. The van der Waals surface area contributed by atoms with Gasteiger partial charge in [0.15, 0.2) is 11.0 Å². The van der Waals surface area contributed by atoms with Crippen LogP contribution in [0.3, 0.4) is 0 Å². The summed E-state index contributed by atoms with van der Waals surface area (Å²) < 4.78 is 1.83. The Bertz CT molecular complexity index is 1090. The maximum absolute atomic E-state index is 12.4. The molecule has 2 aromatic carbocycles. The third kappa shape index (κ3) is 4.45. The van der Waals surface area contributed by atoms with Gasteiger partial charge in [0.05, 0.1) is 10.7 Å². The van der Waals surface area contributed by atoms with Gasteiger partial charge in [-0.3, -0.25) is 14.9 Å². The lowest BCUT2D eigenvalue weighted by Gasteiger charge is -2.09. The second-order valence-corrected chi connectivity index (χ2v) is 7.67. The lowest BCUT2D eigenvalue weighted by molar-refractivity contribution is -0.384. The molecule has 0 unspecified atom stereocenters. The van der Waals surface area contributed by atoms with Gasteiger partial charge < -0.3 is 9.88 Å². The Kier molecular flexibility index (Phi) is 5.97. The minimum absolute atomic E-state index is 0.0593. The highest BCUT2D eigenvalue weighted by atomic mass is 32.2. The van der Waals surface area contributed by atoms with Crippen LogP contribution < -0.4 is 5.32 Å². The normalized spacial score (nSPS) is 10.8. The number of nitrogens with zero attached hydrogens (tertiary/aromatic N) is 4. The Hall–Kier alpha value is -3.20. The third-order valence-electron chi connectivity index (χ3n) is 4.64. The summed E-state index contributed by atoms with van der Waals surface area (Å²) in [6.07, 6.45) is 0. The van der Waals surface area contributed by atoms with Crippen molar-refractivity contribution in [3.8, 4) is 11.4 Å². The van der Waals surface area contributed by atoms with Crippen LogP contribution in [0.1, 0.15) is 16.7 Å². The molecule has 0 fully saturated rings. The molecule has 1 N–H and O–H groups in total. The van der Waals surface area contributed by atoms with E-state index in [2.05, 4.69) is 15.5 Å². The zero-order chi connectivity index (χ0) is 21.1. The predicted octanol–water partition coefficient (Wildman–Crippen LogP) is 4.05. The number of nitrogens with one attached hydrogen (secondary N) is 1. The number of amides is 1. The summed E-state index contributed by atoms with van der Waals surface area (Å²) >= 11 is 1.22. The second kappa shape index (κ2) is 8.44. The van der Waals surface area contributed by atoms with E-state index in [9.17, 15) is 14.9 Å². The molecule has 1 aromatic heterocycles. The van der Waals surface area contributed by atoms with Crippen LogP contribution in [-0.4, -0.2) is 31.3 Å². The number of anilines is 1. The molecule has 0 atom stereocenters. The van der Waals surface area contributed by atoms with Gasteiger partial charge in [-0.2, -0.15) is 0 Å². The van der Waals surface area contributed by atoms with Gasteiger partial charge in [-0.1, -0.05) is 36.0 Å². The fourth-order valence-corrected chi connectivity index (χ4v) is 3.58. The molecule has 0 aliphatic rings. The number of carbonyl (C=O) groups is 1. The van der Waals surface area contributed by atoms with Crippen molar-refractivity contribution in [2.75, 3.05) is 11.1 Å². The number of carbonyl (C=O) groups excluding carboxylic acids is 1. The van der Waals surface area contributed by atoms with Crippen LogP contribution in [0, 0.1) is 30.9 Å². The molecule has 0 bridgehead atoms. The Morgan fingerprint density at radius 3 is 2.52 bits per heavy atom. The molecule has 0 saturated carbocycles. The predicted molar refractivity (Wildman–Crippen MR) is 113 cm³/mol. The average molecular weight is 411 g/mol. The quantitative estimate of drug-likeness (QED) is 0.373. The first-order valence-corrected chi connectivity index (χ1v) is 9.90. The van der Waals surface area contributed by atoms with Crippen molar-refractivity contribution in [2.45, 2.75) is 25.9 Å². The summed E-state index contributed by atoms with van der Waals surface area (Å²) in [7, 11) is 1.84. The summed E-state index contributed by atoms with van der Waals surface area (Å²) in [6, 6.07) is 11.0. The van der Waals surface area contributed by atoms with Crippen molar-refractivity contribution in [3.63, 3.8) is 0 Å². The number of nitro benzene ring substituents is 1. The van der Waals surface area contributed by atoms with E-state index in [4.69, 9.17) is 0 Å². The molecular weight excluding hydrogens is 390 g/mol. The van der Waals surface area contributed by atoms with Gasteiger partial charge in [-0.15, -0.1) is 10.2 Å². The molecular formula is C20H21N5O3S. The van der Waals surface area contributed by atoms with Crippen molar-refractivity contribution in [1.82, 2.24) is 14.8 Å². The maximum atomic E-state index is 12.4. The summed E-state index contributed by atoms with van der Waals surface area (Å²) in [5, 5.41) is 22.9. The molecule has 3 rings (SSSR count). The van der Waals surface area contributed by atoms with Crippen LogP contribution >= 0.6 is 11.8 Å². The topological polar surface area (TPSA) is 103 Å². The number of nitro groups is 1. The highest BCUT2D eigenvalue weighted by Gasteiger charge is 2.19. The number of hydrogen-bond donors (Lipinski definition) is 1. The number of rotatable bonds is 6. The van der Waals surface area contributed by atoms with Gasteiger partial charge in [0, 0.05) is 18.7 Å². The van der Waals surface area contributed by atoms with E-state index in [1.807, 2.05) is 49.7 Å². The zero-order valence-corrected chi connectivity index (χ0v) is 17.4. The lowest BCUT2D eigenvalue weighted by atomic mass is 10.1. The minimum Gasteiger partial charge on any atom is -0.320 e. The van der Waals surface area contributed by atoms with Crippen LogP contribution in [-0.2, 0) is 11.8 Å². The van der Waals surface area contributed by atoms with Gasteiger partial charge >= 0.3 is 0 Å².